The van der Waals surface area contributed by atoms with Crippen molar-refractivity contribution in [2.75, 3.05) is 10.6 Å². The molecule has 2 amide bonds. The zero-order valence-corrected chi connectivity index (χ0v) is 11.4. The summed E-state index contributed by atoms with van der Waals surface area (Å²) in [6, 6.07) is 9.21. The van der Waals surface area contributed by atoms with Gasteiger partial charge in [0.2, 0.25) is 0 Å². The molecule has 0 atom stereocenters. The Morgan fingerprint density at radius 2 is 2.10 bits per heavy atom. The fourth-order valence-corrected chi connectivity index (χ4v) is 1.83. The van der Waals surface area contributed by atoms with Crippen LogP contribution in [-0.4, -0.2) is 15.9 Å². The molecule has 0 saturated heterocycles. The van der Waals surface area contributed by atoms with Crippen LogP contribution < -0.4 is 10.6 Å². The molecule has 0 bridgehead atoms. The maximum atomic E-state index is 11.8. The van der Waals surface area contributed by atoms with Crippen molar-refractivity contribution >= 4 is 23.2 Å². The first kappa shape index (κ1) is 14.4. The van der Waals surface area contributed by atoms with Crippen LogP contribution in [0.25, 0.3) is 0 Å². The second kappa shape index (κ2) is 6.47. The van der Waals surface area contributed by atoms with E-state index in [4.69, 9.17) is 0 Å². The van der Waals surface area contributed by atoms with Crippen molar-refractivity contribution in [2.24, 2.45) is 0 Å². The summed E-state index contributed by atoms with van der Waals surface area (Å²) in [5.41, 5.74) is 0.969. The van der Waals surface area contributed by atoms with Crippen molar-refractivity contribution in [3.63, 3.8) is 0 Å². The molecule has 7 nitrogen and oxygen atoms in total. The number of benzene rings is 1. The van der Waals surface area contributed by atoms with Gasteiger partial charge in [-0.1, -0.05) is 19.1 Å². The molecule has 7 heteroatoms. The van der Waals surface area contributed by atoms with Crippen LogP contribution in [0.5, 0.6) is 0 Å². The molecular weight excluding hydrogens is 272 g/mol. The van der Waals surface area contributed by atoms with E-state index in [0.717, 1.165) is 0 Å². The number of hydrogen-bond donors (Lipinski definition) is 2. The molecule has 21 heavy (non-hydrogen) atoms. The molecule has 1 aromatic heterocycles. The molecule has 0 unspecified atom stereocenters. The number of rotatable bonds is 4. The SMILES string of the molecule is CCc1ccc(NC(=O)Nc2ccccn2)cc1[N+](=O)[O-]. The molecule has 0 aliphatic heterocycles. The highest BCUT2D eigenvalue weighted by molar-refractivity contribution is 5.99. The lowest BCUT2D eigenvalue weighted by atomic mass is 10.1. The highest BCUT2D eigenvalue weighted by Gasteiger charge is 2.14. The number of nitro groups is 1. The van der Waals surface area contributed by atoms with Gasteiger partial charge in [0.15, 0.2) is 0 Å². The zero-order chi connectivity index (χ0) is 15.2. The van der Waals surface area contributed by atoms with Crippen LogP contribution in [0.4, 0.5) is 22.0 Å². The number of carbonyl (C=O) groups is 1. The number of nitrogens with zero attached hydrogens (tertiary/aromatic N) is 2. The Balaban J connectivity index is 2.11. The third-order valence-electron chi connectivity index (χ3n) is 2.83. The maximum Gasteiger partial charge on any atom is 0.324 e. The van der Waals surface area contributed by atoms with Gasteiger partial charge in [-0.2, -0.15) is 0 Å². The molecule has 2 aromatic rings. The van der Waals surface area contributed by atoms with Gasteiger partial charge in [0.05, 0.1) is 4.92 Å². The minimum atomic E-state index is -0.507. The molecule has 108 valence electrons. The third kappa shape index (κ3) is 3.75. The number of pyridine rings is 1. The molecule has 1 heterocycles. The second-order valence-corrected chi connectivity index (χ2v) is 4.25. The fourth-order valence-electron chi connectivity index (χ4n) is 1.83. The number of urea groups is 1. The first-order valence-corrected chi connectivity index (χ1v) is 6.36. The van der Waals surface area contributed by atoms with Crippen LogP contribution in [0.2, 0.25) is 0 Å². The third-order valence-corrected chi connectivity index (χ3v) is 2.83. The molecule has 1 aromatic carbocycles. The Hall–Kier alpha value is -2.96. The molecule has 0 fully saturated rings. The van der Waals surface area contributed by atoms with E-state index in [1.165, 1.54) is 6.07 Å². The summed E-state index contributed by atoms with van der Waals surface area (Å²) < 4.78 is 0. The standard InChI is InChI=1S/C14H14N4O3/c1-2-10-6-7-11(9-12(10)18(20)21)16-14(19)17-13-5-3-4-8-15-13/h3-9H,2H2,1H3,(H2,15,16,17,19). The minimum Gasteiger partial charge on any atom is -0.307 e. The summed E-state index contributed by atoms with van der Waals surface area (Å²) in [5, 5.41) is 16.1. The van der Waals surface area contributed by atoms with E-state index in [1.54, 1.807) is 36.5 Å². The van der Waals surface area contributed by atoms with E-state index in [9.17, 15) is 14.9 Å². The minimum absolute atomic E-state index is 0.00636. The molecule has 2 N–H and O–H groups in total. The first-order chi connectivity index (χ1) is 10.1. The van der Waals surface area contributed by atoms with Crippen molar-refractivity contribution < 1.29 is 9.72 Å². The average Bonchev–Trinajstić information content (AvgIpc) is 2.48. The predicted molar refractivity (Wildman–Crippen MR) is 79.4 cm³/mol. The van der Waals surface area contributed by atoms with Gasteiger partial charge in [0.1, 0.15) is 5.82 Å². The van der Waals surface area contributed by atoms with E-state index >= 15 is 0 Å². The molecule has 0 aliphatic rings. The summed E-state index contributed by atoms with van der Waals surface area (Å²) in [6.45, 7) is 1.84. The lowest BCUT2D eigenvalue weighted by molar-refractivity contribution is -0.385. The molecule has 0 spiro atoms. The Morgan fingerprint density at radius 1 is 1.29 bits per heavy atom. The summed E-state index contributed by atoms with van der Waals surface area (Å²) >= 11 is 0. The number of aromatic nitrogens is 1. The van der Waals surface area contributed by atoms with Crippen LogP contribution >= 0.6 is 0 Å². The number of nitro benzene ring substituents is 1. The number of amides is 2. The second-order valence-electron chi connectivity index (χ2n) is 4.25. The average molecular weight is 286 g/mol. The van der Waals surface area contributed by atoms with Crippen LogP contribution in [-0.2, 0) is 6.42 Å². The van der Waals surface area contributed by atoms with Crippen molar-refractivity contribution in [1.82, 2.24) is 4.98 Å². The number of carbonyl (C=O) groups excluding carboxylic acids is 1. The van der Waals surface area contributed by atoms with Gasteiger partial charge < -0.3 is 5.32 Å². The Kier molecular flexibility index (Phi) is 4.45. The van der Waals surface area contributed by atoms with Gasteiger partial charge in [-0.25, -0.2) is 9.78 Å². The van der Waals surface area contributed by atoms with E-state index in [0.29, 0.717) is 23.5 Å². The number of aryl methyl sites for hydroxylation is 1. The van der Waals surface area contributed by atoms with Crippen molar-refractivity contribution in [1.29, 1.82) is 0 Å². The smallest absolute Gasteiger partial charge is 0.307 e. The van der Waals surface area contributed by atoms with Crippen molar-refractivity contribution in [2.45, 2.75) is 13.3 Å². The molecule has 0 radical (unpaired) electrons. The lowest BCUT2D eigenvalue weighted by Gasteiger charge is -2.08. The van der Waals surface area contributed by atoms with Crippen LogP contribution in [0.1, 0.15) is 12.5 Å². The van der Waals surface area contributed by atoms with Crippen molar-refractivity contribution in [3.8, 4) is 0 Å². The van der Waals surface area contributed by atoms with Gasteiger partial charge in [-0.3, -0.25) is 15.4 Å². The van der Waals surface area contributed by atoms with E-state index in [-0.39, 0.29) is 5.69 Å². The summed E-state index contributed by atoms with van der Waals surface area (Å²) in [5.74, 6) is 0.398. The predicted octanol–water partition coefficient (Wildman–Crippen LogP) is 3.20. The topological polar surface area (TPSA) is 97.2 Å². The largest absolute Gasteiger partial charge is 0.324 e. The molecular formula is C14H14N4O3. The van der Waals surface area contributed by atoms with Crippen LogP contribution in [0.15, 0.2) is 42.6 Å². The van der Waals surface area contributed by atoms with Gasteiger partial charge >= 0.3 is 6.03 Å². The Bertz CT molecular complexity index is 659. The van der Waals surface area contributed by atoms with E-state index in [1.807, 2.05) is 6.92 Å². The van der Waals surface area contributed by atoms with Gasteiger partial charge in [0.25, 0.3) is 5.69 Å². The highest BCUT2D eigenvalue weighted by Crippen LogP contribution is 2.23. The van der Waals surface area contributed by atoms with Crippen LogP contribution in [0, 0.1) is 10.1 Å². The normalized spacial score (nSPS) is 9.95. The zero-order valence-electron chi connectivity index (χ0n) is 11.4. The first-order valence-electron chi connectivity index (χ1n) is 6.36. The number of anilines is 2. The lowest BCUT2D eigenvalue weighted by Crippen LogP contribution is -2.20. The Labute approximate surface area is 121 Å². The van der Waals surface area contributed by atoms with Gasteiger partial charge in [0, 0.05) is 23.5 Å². The summed E-state index contributed by atoms with van der Waals surface area (Å²) in [6.07, 6.45) is 2.10. The van der Waals surface area contributed by atoms with Crippen LogP contribution in [0.3, 0.4) is 0 Å². The maximum absolute atomic E-state index is 11.8. The molecule has 2 rings (SSSR count). The number of nitrogens with one attached hydrogen (secondary N) is 2. The van der Waals surface area contributed by atoms with Crippen molar-refractivity contribution in [3.05, 3.63) is 58.3 Å². The highest BCUT2D eigenvalue weighted by atomic mass is 16.6. The van der Waals surface area contributed by atoms with Gasteiger partial charge in [-0.15, -0.1) is 0 Å². The monoisotopic (exact) mass is 286 g/mol. The molecule has 0 saturated carbocycles. The Morgan fingerprint density at radius 3 is 2.71 bits per heavy atom. The number of hydrogen-bond acceptors (Lipinski definition) is 4. The van der Waals surface area contributed by atoms with Gasteiger partial charge in [-0.05, 0) is 24.6 Å². The summed E-state index contributed by atoms with van der Waals surface area (Å²) in [4.78, 5) is 26.3. The van der Waals surface area contributed by atoms with E-state index < -0.39 is 11.0 Å². The van der Waals surface area contributed by atoms with E-state index in [2.05, 4.69) is 15.6 Å². The quantitative estimate of drug-likeness (QED) is 0.666. The molecule has 0 aliphatic carbocycles. The summed E-state index contributed by atoms with van der Waals surface area (Å²) in [7, 11) is 0. The fraction of sp³-hybridized carbons (Fsp3) is 0.143.